The van der Waals surface area contributed by atoms with Gasteiger partial charge in [0.05, 0.1) is 17.3 Å². The van der Waals surface area contributed by atoms with Gasteiger partial charge in [-0.05, 0) is 29.2 Å². The van der Waals surface area contributed by atoms with Crippen molar-refractivity contribution in [3.8, 4) is 0 Å². The molecule has 1 unspecified atom stereocenters. The zero-order valence-corrected chi connectivity index (χ0v) is 11.5. The Labute approximate surface area is 113 Å². The third-order valence-electron chi connectivity index (χ3n) is 3.67. The maximum Gasteiger partial charge on any atom is 0.177 e. The van der Waals surface area contributed by atoms with Gasteiger partial charge in [0.15, 0.2) is 5.78 Å². The highest BCUT2D eigenvalue weighted by atomic mass is 16.1. The number of hydrogen-bond acceptors (Lipinski definition) is 2. The summed E-state index contributed by atoms with van der Waals surface area (Å²) in [6.45, 7) is 6.48. The topological polar surface area (TPSA) is 29.4 Å². The molecule has 19 heavy (non-hydrogen) atoms. The van der Waals surface area contributed by atoms with Crippen LogP contribution in [0.5, 0.6) is 0 Å². The molecule has 2 aliphatic rings. The van der Waals surface area contributed by atoms with Crippen LogP contribution >= 0.6 is 0 Å². The Morgan fingerprint density at radius 3 is 2.58 bits per heavy atom. The molecule has 1 aromatic rings. The quantitative estimate of drug-likeness (QED) is 0.682. The van der Waals surface area contributed by atoms with Crippen LogP contribution in [0.2, 0.25) is 0 Å². The summed E-state index contributed by atoms with van der Waals surface area (Å²) in [5.41, 5.74) is 3.63. The number of fused-ring (bicyclic) bond motifs is 2. The van der Waals surface area contributed by atoms with Gasteiger partial charge in [-0.2, -0.15) is 0 Å². The molecule has 2 heteroatoms. The lowest BCUT2D eigenvalue weighted by Gasteiger charge is -2.28. The van der Waals surface area contributed by atoms with Crippen molar-refractivity contribution in [3.05, 3.63) is 53.6 Å². The number of para-hydroxylation sites is 1. The van der Waals surface area contributed by atoms with Crippen molar-refractivity contribution in [1.29, 1.82) is 0 Å². The summed E-state index contributed by atoms with van der Waals surface area (Å²) in [6, 6.07) is 7.57. The zero-order chi connectivity index (χ0) is 13.6. The summed E-state index contributed by atoms with van der Waals surface area (Å²) in [5, 5.41) is 0. The number of Topliss-reactive ketones (excluding diaryl/α,β-unsaturated/α-hetero) is 1. The van der Waals surface area contributed by atoms with Gasteiger partial charge in [-0.3, -0.25) is 9.79 Å². The summed E-state index contributed by atoms with van der Waals surface area (Å²) >= 11 is 0. The molecule has 0 saturated heterocycles. The Balaban J connectivity index is 2.10. The molecule has 96 valence electrons. The molecule has 1 aliphatic heterocycles. The van der Waals surface area contributed by atoms with Crippen molar-refractivity contribution < 1.29 is 4.79 Å². The molecule has 0 radical (unpaired) electrons. The highest BCUT2D eigenvalue weighted by Crippen LogP contribution is 2.36. The van der Waals surface area contributed by atoms with E-state index in [1.807, 2.05) is 30.3 Å². The third kappa shape index (κ3) is 1.97. The minimum atomic E-state index is -0.214. The second kappa shape index (κ2) is 4.02. The molecule has 1 aromatic carbocycles. The average Bonchev–Trinajstić information content (AvgIpc) is 2.37. The van der Waals surface area contributed by atoms with Crippen LogP contribution in [-0.2, 0) is 0 Å². The van der Waals surface area contributed by atoms with Crippen LogP contribution in [0.1, 0.15) is 31.1 Å². The Morgan fingerprint density at radius 2 is 1.84 bits per heavy atom. The number of aliphatic imine (C=N–C) groups is 1. The smallest absolute Gasteiger partial charge is 0.177 e. The van der Waals surface area contributed by atoms with E-state index in [4.69, 9.17) is 0 Å². The van der Waals surface area contributed by atoms with Gasteiger partial charge >= 0.3 is 0 Å². The van der Waals surface area contributed by atoms with Crippen LogP contribution in [0.25, 0.3) is 0 Å². The molecular formula is C17H17NO. The number of ketones is 1. The summed E-state index contributed by atoms with van der Waals surface area (Å²) < 4.78 is 0. The van der Waals surface area contributed by atoms with Crippen LogP contribution in [-0.4, -0.2) is 11.5 Å². The summed E-state index contributed by atoms with van der Waals surface area (Å²) in [7, 11) is 0. The molecule has 0 fully saturated rings. The predicted molar refractivity (Wildman–Crippen MR) is 78.0 cm³/mol. The number of carbonyl (C=O) groups is 1. The lowest BCUT2D eigenvalue weighted by Crippen LogP contribution is -2.28. The van der Waals surface area contributed by atoms with Crippen LogP contribution in [0, 0.1) is 11.3 Å². The fourth-order valence-electron chi connectivity index (χ4n) is 2.50. The molecule has 1 aliphatic carbocycles. The molecule has 2 nitrogen and oxygen atoms in total. The van der Waals surface area contributed by atoms with Crippen molar-refractivity contribution in [1.82, 2.24) is 0 Å². The molecule has 3 rings (SSSR count). The average molecular weight is 251 g/mol. The van der Waals surface area contributed by atoms with E-state index in [1.165, 1.54) is 5.57 Å². The molecular weight excluding hydrogens is 234 g/mol. The van der Waals surface area contributed by atoms with Gasteiger partial charge in [0, 0.05) is 5.56 Å². The fraction of sp³-hybridized carbons (Fsp3) is 0.294. The van der Waals surface area contributed by atoms with E-state index < -0.39 is 0 Å². The van der Waals surface area contributed by atoms with Crippen LogP contribution in [0.15, 0.2) is 53.1 Å². The highest BCUT2D eigenvalue weighted by molar-refractivity contribution is 6.23. The largest absolute Gasteiger partial charge is 0.293 e. The first-order valence-electron chi connectivity index (χ1n) is 6.59. The second-order valence-electron chi connectivity index (χ2n) is 6.10. The van der Waals surface area contributed by atoms with E-state index in [2.05, 4.69) is 37.9 Å². The van der Waals surface area contributed by atoms with Gasteiger partial charge in [0.2, 0.25) is 0 Å². The normalized spacial score (nSPS) is 21.4. The van der Waals surface area contributed by atoms with Crippen LogP contribution in [0.3, 0.4) is 0 Å². The Kier molecular flexibility index (Phi) is 2.56. The summed E-state index contributed by atoms with van der Waals surface area (Å²) in [5.74, 6) is -0.0548. The molecule has 0 saturated carbocycles. The number of rotatable bonds is 0. The van der Waals surface area contributed by atoms with Crippen molar-refractivity contribution in [3.63, 3.8) is 0 Å². The maximum absolute atomic E-state index is 12.6. The minimum absolute atomic E-state index is 0.0548. The highest BCUT2D eigenvalue weighted by Gasteiger charge is 2.32. The molecule has 0 aromatic heterocycles. The van der Waals surface area contributed by atoms with E-state index >= 15 is 0 Å². The summed E-state index contributed by atoms with van der Waals surface area (Å²) in [6.07, 6.45) is 6.13. The van der Waals surface area contributed by atoms with Crippen LogP contribution in [0.4, 0.5) is 5.69 Å². The van der Waals surface area contributed by atoms with Gasteiger partial charge in [-0.25, -0.2) is 0 Å². The lowest BCUT2D eigenvalue weighted by atomic mass is 9.77. The Morgan fingerprint density at radius 1 is 1.11 bits per heavy atom. The number of allylic oxidation sites excluding steroid dienone is 4. The molecule has 0 amide bonds. The predicted octanol–water partition coefficient (Wildman–Crippen LogP) is 4.11. The molecule has 0 N–H and O–H groups in total. The van der Waals surface area contributed by atoms with E-state index in [9.17, 15) is 4.79 Å². The number of hydrogen-bond donors (Lipinski definition) is 0. The third-order valence-corrected chi connectivity index (χ3v) is 3.67. The first kappa shape index (κ1) is 12.1. The van der Waals surface area contributed by atoms with Gasteiger partial charge in [-0.15, -0.1) is 0 Å². The van der Waals surface area contributed by atoms with Crippen molar-refractivity contribution in [2.45, 2.75) is 20.8 Å². The zero-order valence-electron chi connectivity index (χ0n) is 11.5. The van der Waals surface area contributed by atoms with Gasteiger partial charge in [0.25, 0.3) is 0 Å². The maximum atomic E-state index is 12.6. The first-order valence-corrected chi connectivity index (χ1v) is 6.59. The number of nitrogens with zero attached hydrogens (tertiary/aromatic N) is 1. The molecule has 0 spiro atoms. The van der Waals surface area contributed by atoms with E-state index in [-0.39, 0.29) is 17.1 Å². The van der Waals surface area contributed by atoms with Gasteiger partial charge in [0.1, 0.15) is 0 Å². The molecule has 1 atom stereocenters. The van der Waals surface area contributed by atoms with E-state index in [1.54, 1.807) is 0 Å². The fourth-order valence-corrected chi connectivity index (χ4v) is 2.50. The summed E-state index contributed by atoms with van der Waals surface area (Å²) in [4.78, 5) is 17.2. The van der Waals surface area contributed by atoms with Crippen LogP contribution < -0.4 is 0 Å². The Hall–Kier alpha value is -1.96. The SMILES string of the molecule is CC(C)(C)C1=CC2C(=O)c3ccccc3N=C2C=C1. The van der Waals surface area contributed by atoms with Crippen molar-refractivity contribution in [2.75, 3.05) is 0 Å². The number of benzene rings is 1. The monoisotopic (exact) mass is 251 g/mol. The van der Waals surface area contributed by atoms with E-state index in [0.29, 0.717) is 0 Å². The number of carbonyl (C=O) groups excluding carboxylic acids is 1. The molecule has 0 bridgehead atoms. The minimum Gasteiger partial charge on any atom is -0.293 e. The van der Waals surface area contributed by atoms with Crippen molar-refractivity contribution >= 4 is 17.2 Å². The molecule has 1 heterocycles. The Bertz CT molecular complexity index is 641. The van der Waals surface area contributed by atoms with Gasteiger partial charge < -0.3 is 0 Å². The second-order valence-corrected chi connectivity index (χ2v) is 6.10. The first-order chi connectivity index (χ1) is 8.97. The van der Waals surface area contributed by atoms with E-state index in [0.717, 1.165) is 17.0 Å². The lowest BCUT2D eigenvalue weighted by molar-refractivity contribution is 0.0971. The standard InChI is InChI=1S/C17H17NO/c1-17(2,3)11-8-9-15-13(10-11)16(19)12-6-4-5-7-14(12)18-15/h4-10,13H,1-3H3. The van der Waals surface area contributed by atoms with Gasteiger partial charge in [-0.1, -0.05) is 45.1 Å². The van der Waals surface area contributed by atoms with Crippen molar-refractivity contribution in [2.24, 2.45) is 16.3 Å².